The molecule has 0 aliphatic carbocycles. The second kappa shape index (κ2) is 10.7. The Balaban J connectivity index is 1.44. The molecule has 8 nitrogen and oxygen atoms in total. The van der Waals surface area contributed by atoms with Crippen molar-refractivity contribution in [3.8, 4) is 11.5 Å². The van der Waals surface area contributed by atoms with E-state index in [2.05, 4.69) is 20.4 Å². The summed E-state index contributed by atoms with van der Waals surface area (Å²) in [5.74, 6) is 0.110. The second-order valence-electron chi connectivity index (χ2n) is 8.94. The first-order chi connectivity index (χ1) is 16.4. The molecule has 0 spiro atoms. The topological polar surface area (TPSA) is 83.1 Å². The lowest BCUT2D eigenvalue weighted by molar-refractivity contribution is -0.139. The number of hydrogen-bond acceptors (Lipinski definition) is 6. The highest BCUT2D eigenvalue weighted by Gasteiger charge is 2.28. The number of nitrogens with one attached hydrogen (secondary N) is 2. The molecule has 2 aliphatic heterocycles. The minimum Gasteiger partial charge on any atom is -0.454 e. The molecule has 0 radical (unpaired) electrons. The number of rotatable bonds is 7. The van der Waals surface area contributed by atoms with Crippen LogP contribution in [0.4, 0.5) is 10.1 Å². The van der Waals surface area contributed by atoms with Gasteiger partial charge in [-0.25, -0.2) is 4.39 Å². The molecule has 2 aromatic rings. The van der Waals surface area contributed by atoms with Gasteiger partial charge in [-0.15, -0.1) is 0 Å². The molecule has 0 saturated carbocycles. The zero-order valence-corrected chi connectivity index (χ0v) is 19.6. The monoisotopic (exact) mass is 470 g/mol. The first-order valence-electron chi connectivity index (χ1n) is 11.6. The van der Waals surface area contributed by atoms with E-state index in [1.807, 2.05) is 32.0 Å². The molecule has 2 aromatic carbocycles. The lowest BCUT2D eigenvalue weighted by Gasteiger charge is -2.40. The molecule has 1 atom stereocenters. The van der Waals surface area contributed by atoms with Gasteiger partial charge in [0.05, 0.1) is 6.04 Å². The summed E-state index contributed by atoms with van der Waals surface area (Å²) < 4.78 is 24.3. The predicted molar refractivity (Wildman–Crippen MR) is 126 cm³/mol. The summed E-state index contributed by atoms with van der Waals surface area (Å²) in [6.07, 6.45) is 0. The van der Waals surface area contributed by atoms with Gasteiger partial charge < -0.3 is 25.0 Å². The van der Waals surface area contributed by atoms with Gasteiger partial charge in [0.2, 0.25) is 6.79 Å². The third kappa shape index (κ3) is 5.77. The van der Waals surface area contributed by atoms with Crippen molar-refractivity contribution < 1.29 is 23.5 Å². The van der Waals surface area contributed by atoms with Crippen LogP contribution in [0.2, 0.25) is 0 Å². The van der Waals surface area contributed by atoms with Crippen LogP contribution in [0.15, 0.2) is 42.5 Å². The van der Waals surface area contributed by atoms with Crippen molar-refractivity contribution in [3.63, 3.8) is 0 Å². The summed E-state index contributed by atoms with van der Waals surface area (Å²) in [7, 11) is 0. The van der Waals surface area contributed by atoms with Crippen molar-refractivity contribution in [1.29, 1.82) is 0 Å². The van der Waals surface area contributed by atoms with Crippen LogP contribution in [0.3, 0.4) is 0 Å². The molecule has 1 unspecified atom stereocenters. The van der Waals surface area contributed by atoms with Crippen LogP contribution in [0, 0.1) is 11.7 Å². The average molecular weight is 471 g/mol. The van der Waals surface area contributed by atoms with E-state index in [1.165, 1.54) is 12.1 Å². The van der Waals surface area contributed by atoms with E-state index < -0.39 is 11.8 Å². The molecule has 4 rings (SSSR count). The summed E-state index contributed by atoms with van der Waals surface area (Å²) >= 11 is 0. The van der Waals surface area contributed by atoms with Gasteiger partial charge >= 0.3 is 11.8 Å². The number of ether oxygens (including phenoxy) is 2. The minimum absolute atomic E-state index is 0.147. The molecule has 1 saturated heterocycles. The number of carbonyl (C=O) groups is 2. The van der Waals surface area contributed by atoms with Gasteiger partial charge in [0.25, 0.3) is 0 Å². The standard InChI is InChI=1S/C25H31FN4O4/c1-17(2)14-27-24(31)25(32)28-15-21(18-3-8-22-23(13-18)34-16-33-22)30-11-9-29(10-12-30)20-6-4-19(26)5-7-20/h3-8,13,17,21H,9-12,14-16H2,1-2H3,(H,27,31)(H,28,32). The van der Waals surface area contributed by atoms with Crippen molar-refractivity contribution in [1.82, 2.24) is 15.5 Å². The number of anilines is 1. The summed E-state index contributed by atoms with van der Waals surface area (Å²) in [6, 6.07) is 12.1. The van der Waals surface area contributed by atoms with Gasteiger partial charge in [-0.05, 0) is 47.9 Å². The maximum atomic E-state index is 13.3. The van der Waals surface area contributed by atoms with Gasteiger partial charge in [0.1, 0.15) is 5.82 Å². The van der Waals surface area contributed by atoms with Gasteiger partial charge in [0.15, 0.2) is 11.5 Å². The Morgan fingerprint density at radius 2 is 1.56 bits per heavy atom. The Hall–Kier alpha value is -3.33. The fraction of sp³-hybridized carbons (Fsp3) is 0.440. The summed E-state index contributed by atoms with van der Waals surface area (Å²) in [5, 5.41) is 5.45. The highest BCUT2D eigenvalue weighted by molar-refractivity contribution is 6.35. The van der Waals surface area contributed by atoms with Crippen LogP contribution in [-0.2, 0) is 9.59 Å². The molecule has 2 heterocycles. The SMILES string of the molecule is CC(C)CNC(=O)C(=O)NCC(c1ccc2c(c1)OCO2)N1CCN(c2ccc(F)cc2)CC1. The quantitative estimate of drug-likeness (QED) is 0.605. The maximum Gasteiger partial charge on any atom is 0.309 e. The summed E-state index contributed by atoms with van der Waals surface area (Å²) in [6.45, 7) is 7.86. The first-order valence-corrected chi connectivity index (χ1v) is 11.6. The number of fused-ring (bicyclic) bond motifs is 1. The molecule has 0 bridgehead atoms. The zero-order valence-electron chi connectivity index (χ0n) is 19.6. The molecule has 9 heteroatoms. The van der Waals surface area contributed by atoms with Gasteiger partial charge in [-0.2, -0.15) is 0 Å². The number of amides is 2. The Morgan fingerprint density at radius 3 is 2.24 bits per heavy atom. The van der Waals surface area contributed by atoms with Crippen LogP contribution in [0.25, 0.3) is 0 Å². The van der Waals surface area contributed by atoms with Crippen LogP contribution >= 0.6 is 0 Å². The van der Waals surface area contributed by atoms with Gasteiger partial charge in [-0.3, -0.25) is 14.5 Å². The third-order valence-electron chi connectivity index (χ3n) is 6.06. The fourth-order valence-electron chi connectivity index (χ4n) is 4.17. The third-order valence-corrected chi connectivity index (χ3v) is 6.06. The molecular formula is C25H31FN4O4. The normalized spacial score (nSPS) is 16.4. The Bertz CT molecular complexity index is 1010. The maximum absolute atomic E-state index is 13.3. The van der Waals surface area contributed by atoms with Crippen molar-refractivity contribution >= 4 is 17.5 Å². The van der Waals surface area contributed by atoms with Crippen molar-refractivity contribution in [2.75, 3.05) is 51.0 Å². The molecule has 2 N–H and O–H groups in total. The van der Waals surface area contributed by atoms with Crippen molar-refractivity contribution in [3.05, 3.63) is 53.8 Å². The largest absolute Gasteiger partial charge is 0.454 e. The number of carbonyl (C=O) groups excluding carboxylic acids is 2. The van der Waals surface area contributed by atoms with Gasteiger partial charge in [-0.1, -0.05) is 19.9 Å². The van der Waals surface area contributed by atoms with E-state index in [-0.39, 0.29) is 31.1 Å². The Labute approximate surface area is 199 Å². The lowest BCUT2D eigenvalue weighted by Crippen LogP contribution is -2.51. The van der Waals surface area contributed by atoms with Crippen LogP contribution in [0.1, 0.15) is 25.5 Å². The highest BCUT2D eigenvalue weighted by Crippen LogP contribution is 2.35. The van der Waals surface area contributed by atoms with E-state index in [9.17, 15) is 14.0 Å². The number of piperazine rings is 1. The lowest BCUT2D eigenvalue weighted by atomic mass is 10.0. The van der Waals surface area contributed by atoms with Gasteiger partial charge in [0, 0.05) is 45.0 Å². The molecule has 0 aromatic heterocycles. The molecule has 2 aliphatic rings. The van der Waals surface area contributed by atoms with E-state index in [4.69, 9.17) is 9.47 Å². The second-order valence-corrected chi connectivity index (χ2v) is 8.94. The Morgan fingerprint density at radius 1 is 0.912 bits per heavy atom. The summed E-state index contributed by atoms with van der Waals surface area (Å²) in [4.78, 5) is 29.0. The Kier molecular flexibility index (Phi) is 7.52. The van der Waals surface area contributed by atoms with Crippen LogP contribution in [0.5, 0.6) is 11.5 Å². The molecule has 182 valence electrons. The highest BCUT2D eigenvalue weighted by atomic mass is 19.1. The van der Waals surface area contributed by atoms with E-state index in [0.717, 1.165) is 37.4 Å². The zero-order chi connectivity index (χ0) is 24.1. The fourth-order valence-corrected chi connectivity index (χ4v) is 4.17. The molecule has 1 fully saturated rings. The van der Waals surface area contributed by atoms with E-state index in [0.29, 0.717) is 18.0 Å². The van der Waals surface area contributed by atoms with E-state index in [1.54, 1.807) is 12.1 Å². The first kappa shape index (κ1) is 23.8. The number of halogens is 1. The smallest absolute Gasteiger partial charge is 0.309 e. The molecule has 2 amide bonds. The molecular weight excluding hydrogens is 439 g/mol. The number of hydrogen-bond donors (Lipinski definition) is 2. The number of benzene rings is 2. The van der Waals surface area contributed by atoms with Crippen LogP contribution in [-0.4, -0.2) is 62.8 Å². The summed E-state index contributed by atoms with van der Waals surface area (Å²) in [5.41, 5.74) is 1.96. The van der Waals surface area contributed by atoms with E-state index >= 15 is 0 Å². The molecule has 34 heavy (non-hydrogen) atoms. The number of nitrogens with zero attached hydrogens (tertiary/aromatic N) is 2. The predicted octanol–water partition coefficient (Wildman–Crippen LogP) is 2.31. The van der Waals surface area contributed by atoms with Crippen molar-refractivity contribution in [2.45, 2.75) is 19.9 Å². The average Bonchev–Trinajstić information content (AvgIpc) is 3.31. The minimum atomic E-state index is -0.642. The van der Waals surface area contributed by atoms with Crippen LogP contribution < -0.4 is 25.0 Å². The van der Waals surface area contributed by atoms with Crippen molar-refractivity contribution in [2.24, 2.45) is 5.92 Å².